The molecule has 0 saturated carbocycles. The SMILES string of the molecule is CN1CCCN(CC(=O)Nc2cc3cc(-c4cccnc4)cnc3cn2)CC1. The molecule has 144 valence electrons. The van der Waals surface area contributed by atoms with E-state index in [4.69, 9.17) is 0 Å². The van der Waals surface area contributed by atoms with Crippen LogP contribution in [0.2, 0.25) is 0 Å². The molecule has 0 spiro atoms. The first-order valence-electron chi connectivity index (χ1n) is 9.54. The van der Waals surface area contributed by atoms with Gasteiger partial charge < -0.3 is 10.2 Å². The molecule has 1 N–H and O–H groups in total. The summed E-state index contributed by atoms with van der Waals surface area (Å²) in [5.41, 5.74) is 2.78. The van der Waals surface area contributed by atoms with Gasteiger partial charge in [0.15, 0.2) is 0 Å². The van der Waals surface area contributed by atoms with E-state index in [0.29, 0.717) is 12.4 Å². The van der Waals surface area contributed by atoms with E-state index in [1.165, 1.54) is 0 Å². The number of pyridine rings is 3. The second kappa shape index (κ2) is 8.41. The van der Waals surface area contributed by atoms with Gasteiger partial charge in [-0.25, -0.2) is 4.98 Å². The van der Waals surface area contributed by atoms with Crippen LogP contribution < -0.4 is 5.32 Å². The third-order valence-electron chi connectivity index (χ3n) is 5.01. The number of rotatable bonds is 4. The van der Waals surface area contributed by atoms with E-state index in [2.05, 4.69) is 37.1 Å². The lowest BCUT2D eigenvalue weighted by molar-refractivity contribution is -0.117. The Morgan fingerprint density at radius 1 is 1.07 bits per heavy atom. The molecule has 3 aromatic heterocycles. The zero-order chi connectivity index (χ0) is 19.3. The van der Waals surface area contributed by atoms with Crippen molar-refractivity contribution in [1.82, 2.24) is 24.8 Å². The molecule has 1 saturated heterocycles. The van der Waals surface area contributed by atoms with Crippen molar-refractivity contribution in [3.63, 3.8) is 0 Å². The molecule has 0 radical (unpaired) electrons. The minimum Gasteiger partial charge on any atom is -0.310 e. The van der Waals surface area contributed by atoms with Gasteiger partial charge >= 0.3 is 0 Å². The average molecular weight is 376 g/mol. The van der Waals surface area contributed by atoms with Gasteiger partial charge in [0.2, 0.25) is 5.91 Å². The predicted molar refractivity (Wildman–Crippen MR) is 110 cm³/mol. The van der Waals surface area contributed by atoms with Crippen LogP contribution in [0.3, 0.4) is 0 Å². The molecule has 1 aliphatic rings. The first-order chi connectivity index (χ1) is 13.7. The number of carbonyl (C=O) groups is 1. The number of hydrogen-bond acceptors (Lipinski definition) is 6. The maximum Gasteiger partial charge on any atom is 0.239 e. The summed E-state index contributed by atoms with van der Waals surface area (Å²) in [4.78, 5) is 29.9. The molecule has 0 atom stereocenters. The van der Waals surface area contributed by atoms with Gasteiger partial charge in [0.25, 0.3) is 0 Å². The van der Waals surface area contributed by atoms with Crippen molar-refractivity contribution in [1.29, 1.82) is 0 Å². The summed E-state index contributed by atoms with van der Waals surface area (Å²) >= 11 is 0. The van der Waals surface area contributed by atoms with E-state index in [1.807, 2.05) is 36.7 Å². The maximum absolute atomic E-state index is 12.5. The Kier molecular flexibility index (Phi) is 5.55. The van der Waals surface area contributed by atoms with Crippen LogP contribution >= 0.6 is 0 Å². The van der Waals surface area contributed by atoms with Gasteiger partial charge in [0, 0.05) is 48.2 Å². The van der Waals surface area contributed by atoms with Crippen molar-refractivity contribution in [2.75, 3.05) is 45.1 Å². The number of likely N-dealkylation sites (N-methyl/N-ethyl adjacent to an activating group) is 1. The number of hydrogen-bond donors (Lipinski definition) is 1. The van der Waals surface area contributed by atoms with Crippen molar-refractivity contribution in [2.24, 2.45) is 0 Å². The van der Waals surface area contributed by atoms with Crippen LogP contribution in [0.5, 0.6) is 0 Å². The number of anilines is 1. The molecule has 0 bridgehead atoms. The highest BCUT2D eigenvalue weighted by molar-refractivity contribution is 5.93. The number of carbonyl (C=O) groups excluding carboxylic acids is 1. The Morgan fingerprint density at radius 3 is 2.86 bits per heavy atom. The van der Waals surface area contributed by atoms with Crippen LogP contribution in [0.4, 0.5) is 5.82 Å². The summed E-state index contributed by atoms with van der Waals surface area (Å²) in [6.45, 7) is 4.32. The molecule has 0 aliphatic carbocycles. The number of fused-ring (bicyclic) bond motifs is 1. The first-order valence-corrected chi connectivity index (χ1v) is 9.54. The van der Waals surface area contributed by atoms with Crippen LogP contribution in [0, 0.1) is 0 Å². The normalized spacial score (nSPS) is 16.0. The molecule has 4 rings (SSSR count). The number of nitrogens with zero attached hydrogens (tertiary/aromatic N) is 5. The molecule has 28 heavy (non-hydrogen) atoms. The van der Waals surface area contributed by atoms with Gasteiger partial charge in [0.1, 0.15) is 5.82 Å². The number of aromatic nitrogens is 3. The Bertz CT molecular complexity index is 962. The highest BCUT2D eigenvalue weighted by Gasteiger charge is 2.15. The van der Waals surface area contributed by atoms with Gasteiger partial charge in [-0.2, -0.15) is 0 Å². The zero-order valence-corrected chi connectivity index (χ0v) is 16.0. The number of nitrogens with one attached hydrogen (secondary N) is 1. The van der Waals surface area contributed by atoms with Crippen molar-refractivity contribution in [3.8, 4) is 11.1 Å². The third-order valence-corrected chi connectivity index (χ3v) is 5.01. The molecule has 1 aliphatic heterocycles. The Hall–Kier alpha value is -2.90. The summed E-state index contributed by atoms with van der Waals surface area (Å²) in [5, 5.41) is 3.86. The molecule has 0 aromatic carbocycles. The van der Waals surface area contributed by atoms with E-state index in [9.17, 15) is 4.79 Å². The molecule has 4 heterocycles. The summed E-state index contributed by atoms with van der Waals surface area (Å²) in [5.74, 6) is 0.516. The van der Waals surface area contributed by atoms with Crippen LogP contribution in [0.1, 0.15) is 6.42 Å². The van der Waals surface area contributed by atoms with Crippen molar-refractivity contribution in [3.05, 3.63) is 49.1 Å². The molecule has 3 aromatic rings. The molecule has 7 heteroatoms. The van der Waals surface area contributed by atoms with Gasteiger partial charge in [0.05, 0.1) is 18.3 Å². The largest absolute Gasteiger partial charge is 0.310 e. The van der Waals surface area contributed by atoms with E-state index in [1.54, 1.807) is 12.4 Å². The topological polar surface area (TPSA) is 74.2 Å². The highest BCUT2D eigenvalue weighted by Crippen LogP contribution is 2.23. The fourth-order valence-electron chi connectivity index (χ4n) is 3.43. The second-order valence-electron chi connectivity index (χ2n) is 7.21. The first kappa shape index (κ1) is 18.5. The van der Waals surface area contributed by atoms with Crippen molar-refractivity contribution >= 4 is 22.6 Å². The monoisotopic (exact) mass is 376 g/mol. The third kappa shape index (κ3) is 4.49. The Morgan fingerprint density at radius 2 is 2.00 bits per heavy atom. The molecule has 7 nitrogen and oxygen atoms in total. The van der Waals surface area contributed by atoms with Gasteiger partial charge in [-0.05, 0) is 44.8 Å². The second-order valence-corrected chi connectivity index (χ2v) is 7.21. The molecule has 1 amide bonds. The fraction of sp³-hybridized carbons (Fsp3) is 0.333. The molecule has 1 fully saturated rings. The van der Waals surface area contributed by atoms with E-state index >= 15 is 0 Å². The minimum atomic E-state index is -0.0345. The standard InChI is InChI=1S/C21H24N6O/c1-26-6-3-7-27(9-8-26)15-21(28)25-20-11-17-10-18(13-23-19(17)14-24-20)16-4-2-5-22-12-16/h2,4-5,10-14H,3,6-9,15H2,1H3,(H,24,25,28). The molecular weight excluding hydrogens is 352 g/mol. The molecule has 0 unspecified atom stereocenters. The van der Waals surface area contributed by atoms with Crippen LogP contribution in [-0.4, -0.2) is 70.4 Å². The lowest BCUT2D eigenvalue weighted by atomic mass is 10.1. The van der Waals surface area contributed by atoms with E-state index in [0.717, 1.165) is 54.6 Å². The molecular formula is C21H24N6O. The summed E-state index contributed by atoms with van der Waals surface area (Å²) in [6, 6.07) is 7.81. The van der Waals surface area contributed by atoms with Gasteiger partial charge in [-0.1, -0.05) is 6.07 Å². The van der Waals surface area contributed by atoms with Crippen LogP contribution in [0.25, 0.3) is 22.0 Å². The smallest absolute Gasteiger partial charge is 0.239 e. The van der Waals surface area contributed by atoms with Crippen molar-refractivity contribution < 1.29 is 4.79 Å². The Labute approximate surface area is 164 Å². The van der Waals surface area contributed by atoms with Gasteiger partial charge in [-0.15, -0.1) is 0 Å². The number of amides is 1. The van der Waals surface area contributed by atoms with E-state index in [-0.39, 0.29) is 5.91 Å². The highest BCUT2D eigenvalue weighted by atomic mass is 16.2. The summed E-state index contributed by atoms with van der Waals surface area (Å²) in [6.07, 6.45) is 8.15. The van der Waals surface area contributed by atoms with Crippen LogP contribution in [-0.2, 0) is 4.79 Å². The minimum absolute atomic E-state index is 0.0345. The predicted octanol–water partition coefficient (Wildman–Crippen LogP) is 2.27. The maximum atomic E-state index is 12.5. The Balaban J connectivity index is 1.47. The summed E-state index contributed by atoms with van der Waals surface area (Å²) < 4.78 is 0. The summed E-state index contributed by atoms with van der Waals surface area (Å²) in [7, 11) is 2.12. The lowest BCUT2D eigenvalue weighted by Crippen LogP contribution is -2.36. The van der Waals surface area contributed by atoms with Crippen LogP contribution in [0.15, 0.2) is 49.1 Å². The van der Waals surface area contributed by atoms with Crippen molar-refractivity contribution in [2.45, 2.75) is 6.42 Å². The fourth-order valence-corrected chi connectivity index (χ4v) is 3.43. The average Bonchev–Trinajstić information content (AvgIpc) is 2.92. The van der Waals surface area contributed by atoms with Gasteiger partial charge in [-0.3, -0.25) is 19.7 Å². The lowest BCUT2D eigenvalue weighted by Gasteiger charge is -2.19. The quantitative estimate of drug-likeness (QED) is 0.753. The zero-order valence-electron chi connectivity index (χ0n) is 16.0. The van der Waals surface area contributed by atoms with E-state index < -0.39 is 0 Å².